The molecule has 3 nitrogen and oxygen atoms in total. The van der Waals surface area contributed by atoms with Crippen molar-refractivity contribution in [3.05, 3.63) is 18.0 Å². The third-order valence-electron chi connectivity index (χ3n) is 5.16. The van der Waals surface area contributed by atoms with E-state index < -0.39 is 0 Å². The van der Waals surface area contributed by atoms with Crippen molar-refractivity contribution in [1.82, 2.24) is 15.1 Å². The zero-order chi connectivity index (χ0) is 13.9. The van der Waals surface area contributed by atoms with Crippen LogP contribution in [0.2, 0.25) is 0 Å². The minimum Gasteiger partial charge on any atom is -0.314 e. The van der Waals surface area contributed by atoms with Crippen molar-refractivity contribution in [1.29, 1.82) is 0 Å². The third kappa shape index (κ3) is 3.43. The average Bonchev–Trinajstić information content (AvgIpc) is 3.18. The number of nitrogens with one attached hydrogen (secondary N) is 1. The molecule has 1 aromatic rings. The maximum absolute atomic E-state index is 4.71. The molecule has 2 aliphatic carbocycles. The second kappa shape index (κ2) is 6.30. The van der Waals surface area contributed by atoms with Crippen molar-refractivity contribution in [3.8, 4) is 0 Å². The van der Waals surface area contributed by atoms with E-state index in [2.05, 4.69) is 24.5 Å². The van der Waals surface area contributed by atoms with Crippen LogP contribution in [0.5, 0.6) is 0 Å². The third-order valence-corrected chi connectivity index (χ3v) is 5.16. The van der Waals surface area contributed by atoms with E-state index in [0.29, 0.717) is 5.92 Å². The van der Waals surface area contributed by atoms with E-state index in [1.807, 2.05) is 11.7 Å². The highest BCUT2D eigenvalue weighted by Crippen LogP contribution is 2.41. The molecule has 3 atom stereocenters. The van der Waals surface area contributed by atoms with Crippen LogP contribution < -0.4 is 5.32 Å². The van der Waals surface area contributed by atoms with Crippen LogP contribution in [0.3, 0.4) is 0 Å². The first-order chi connectivity index (χ1) is 9.76. The van der Waals surface area contributed by atoms with Gasteiger partial charge in [0.2, 0.25) is 0 Å². The number of hydrogen-bond acceptors (Lipinski definition) is 2. The summed E-state index contributed by atoms with van der Waals surface area (Å²) in [4.78, 5) is 0. The number of aromatic nitrogens is 2. The minimum absolute atomic E-state index is 0.674. The van der Waals surface area contributed by atoms with Crippen molar-refractivity contribution >= 4 is 0 Å². The Hall–Kier alpha value is -0.830. The molecule has 0 amide bonds. The van der Waals surface area contributed by atoms with Gasteiger partial charge in [0.15, 0.2) is 0 Å². The lowest BCUT2D eigenvalue weighted by Crippen LogP contribution is -2.33. The molecule has 3 heteroatoms. The summed E-state index contributed by atoms with van der Waals surface area (Å²) in [5.41, 5.74) is 1.33. The summed E-state index contributed by atoms with van der Waals surface area (Å²) < 4.78 is 1.96. The molecule has 1 aromatic heterocycles. The highest BCUT2D eigenvalue weighted by atomic mass is 15.2. The Kier molecular flexibility index (Phi) is 4.45. The summed E-state index contributed by atoms with van der Waals surface area (Å²) in [6, 6.07) is 3.07. The molecule has 1 N–H and O–H groups in total. The molecular weight excluding hydrogens is 246 g/mol. The molecule has 3 unspecified atom stereocenters. The van der Waals surface area contributed by atoms with Gasteiger partial charge in [-0.25, -0.2) is 0 Å². The highest BCUT2D eigenvalue weighted by molar-refractivity contribution is 5.10. The van der Waals surface area contributed by atoms with Gasteiger partial charge in [0.25, 0.3) is 0 Å². The first-order valence-electron chi connectivity index (χ1n) is 8.49. The second-order valence-corrected chi connectivity index (χ2v) is 6.93. The fraction of sp³-hybridized carbons (Fsp3) is 0.824. The molecular formula is C17H29N3. The summed E-state index contributed by atoms with van der Waals surface area (Å²) in [5.74, 6) is 2.38. The lowest BCUT2D eigenvalue weighted by atomic mass is 9.71. The van der Waals surface area contributed by atoms with E-state index >= 15 is 0 Å². The largest absolute Gasteiger partial charge is 0.314 e. The van der Waals surface area contributed by atoms with Crippen LogP contribution in [0.1, 0.15) is 63.5 Å². The lowest BCUT2D eigenvalue weighted by Gasteiger charge is -2.35. The molecule has 20 heavy (non-hydrogen) atoms. The predicted molar refractivity (Wildman–Crippen MR) is 82.7 cm³/mol. The predicted octanol–water partition coefficient (Wildman–Crippen LogP) is 3.47. The van der Waals surface area contributed by atoms with Gasteiger partial charge in [0, 0.05) is 25.2 Å². The lowest BCUT2D eigenvalue weighted by molar-refractivity contribution is 0.216. The molecule has 2 aliphatic rings. The first-order valence-corrected chi connectivity index (χ1v) is 8.49. The summed E-state index contributed by atoms with van der Waals surface area (Å²) in [6.07, 6.45) is 11.8. The van der Waals surface area contributed by atoms with Gasteiger partial charge in [-0.2, -0.15) is 5.10 Å². The van der Waals surface area contributed by atoms with Gasteiger partial charge in [-0.05, 0) is 50.1 Å². The van der Waals surface area contributed by atoms with Gasteiger partial charge in [-0.1, -0.05) is 26.2 Å². The van der Waals surface area contributed by atoms with Crippen LogP contribution in [0.15, 0.2) is 12.3 Å². The van der Waals surface area contributed by atoms with E-state index in [1.54, 1.807) is 0 Å². The molecule has 0 radical (unpaired) electrons. The van der Waals surface area contributed by atoms with Crippen LogP contribution in [0.4, 0.5) is 0 Å². The van der Waals surface area contributed by atoms with Gasteiger partial charge in [-0.15, -0.1) is 0 Å². The number of hydrogen-bond donors (Lipinski definition) is 1. The number of nitrogens with zero attached hydrogens (tertiary/aromatic N) is 2. The molecule has 0 aromatic carbocycles. The van der Waals surface area contributed by atoms with Gasteiger partial charge < -0.3 is 5.32 Å². The Labute approximate surface area is 123 Å². The number of aryl methyl sites for hydroxylation is 1. The summed E-state index contributed by atoms with van der Waals surface area (Å²) in [5, 5.41) is 8.46. The SMILES string of the molecule is CCCC1CCC(CNC2CC2)C(c2ccn(C)n2)C1. The van der Waals surface area contributed by atoms with Crippen LogP contribution in [0.25, 0.3) is 0 Å². The highest BCUT2D eigenvalue weighted by Gasteiger charge is 2.33. The van der Waals surface area contributed by atoms with Crippen molar-refractivity contribution in [2.75, 3.05) is 6.54 Å². The van der Waals surface area contributed by atoms with Gasteiger partial charge >= 0.3 is 0 Å². The van der Waals surface area contributed by atoms with Crippen molar-refractivity contribution < 1.29 is 0 Å². The Morgan fingerprint density at radius 1 is 1.30 bits per heavy atom. The van der Waals surface area contributed by atoms with Crippen molar-refractivity contribution in [2.24, 2.45) is 18.9 Å². The summed E-state index contributed by atoms with van der Waals surface area (Å²) in [7, 11) is 2.04. The second-order valence-electron chi connectivity index (χ2n) is 6.93. The minimum atomic E-state index is 0.674. The standard InChI is InChI=1S/C17H29N3/c1-3-4-13-5-6-14(12-18-15-7-8-15)16(11-13)17-9-10-20(2)19-17/h9-10,13-16,18H,3-8,11-12H2,1-2H3. The van der Waals surface area contributed by atoms with Crippen molar-refractivity contribution in [3.63, 3.8) is 0 Å². The molecule has 112 valence electrons. The van der Waals surface area contributed by atoms with Gasteiger partial charge in [0.05, 0.1) is 5.69 Å². The molecule has 0 saturated heterocycles. The quantitative estimate of drug-likeness (QED) is 0.861. The monoisotopic (exact) mass is 275 g/mol. The zero-order valence-electron chi connectivity index (χ0n) is 13.0. The van der Waals surface area contributed by atoms with Crippen molar-refractivity contribution in [2.45, 2.75) is 63.8 Å². The van der Waals surface area contributed by atoms with E-state index in [9.17, 15) is 0 Å². The Bertz CT molecular complexity index is 422. The molecule has 0 aliphatic heterocycles. The Morgan fingerprint density at radius 3 is 2.80 bits per heavy atom. The molecule has 3 rings (SSSR count). The van der Waals surface area contributed by atoms with Crippen LogP contribution in [-0.4, -0.2) is 22.4 Å². The van der Waals surface area contributed by atoms with Crippen LogP contribution >= 0.6 is 0 Å². The fourth-order valence-electron chi connectivity index (χ4n) is 3.83. The summed E-state index contributed by atoms with van der Waals surface area (Å²) >= 11 is 0. The fourth-order valence-corrected chi connectivity index (χ4v) is 3.83. The Morgan fingerprint density at radius 2 is 2.15 bits per heavy atom. The molecule has 0 spiro atoms. The molecule has 0 bridgehead atoms. The van der Waals surface area contributed by atoms with E-state index in [1.165, 1.54) is 57.2 Å². The topological polar surface area (TPSA) is 29.9 Å². The molecule has 2 fully saturated rings. The summed E-state index contributed by atoms with van der Waals surface area (Å²) in [6.45, 7) is 3.52. The van der Waals surface area contributed by atoms with E-state index in [-0.39, 0.29) is 0 Å². The van der Waals surface area contributed by atoms with E-state index in [4.69, 9.17) is 5.10 Å². The normalized spacial score (nSPS) is 30.6. The maximum atomic E-state index is 4.71. The van der Waals surface area contributed by atoms with Crippen LogP contribution in [0, 0.1) is 11.8 Å². The van der Waals surface area contributed by atoms with Gasteiger partial charge in [0.1, 0.15) is 0 Å². The average molecular weight is 275 g/mol. The number of rotatable bonds is 6. The molecule has 2 saturated carbocycles. The smallest absolute Gasteiger partial charge is 0.0658 e. The maximum Gasteiger partial charge on any atom is 0.0658 e. The molecule has 1 heterocycles. The van der Waals surface area contributed by atoms with Crippen LogP contribution in [-0.2, 0) is 7.05 Å². The first kappa shape index (κ1) is 14.1. The van der Waals surface area contributed by atoms with Gasteiger partial charge in [-0.3, -0.25) is 4.68 Å². The van der Waals surface area contributed by atoms with E-state index in [0.717, 1.165) is 17.9 Å². The zero-order valence-corrected chi connectivity index (χ0v) is 13.0. The Balaban J connectivity index is 1.66.